The Balaban J connectivity index is 2.24. The quantitative estimate of drug-likeness (QED) is 0.858. The van der Waals surface area contributed by atoms with E-state index >= 15 is 0 Å². The minimum Gasteiger partial charge on any atom is -0.367 e. The highest BCUT2D eigenvalue weighted by Crippen LogP contribution is 2.30. The number of hydrogen-bond donors (Lipinski definition) is 1. The van der Waals surface area contributed by atoms with E-state index < -0.39 is 0 Å². The van der Waals surface area contributed by atoms with Gasteiger partial charge in [0, 0.05) is 24.3 Å². The van der Waals surface area contributed by atoms with Crippen molar-refractivity contribution in [1.82, 2.24) is 5.32 Å². The maximum absolute atomic E-state index is 3.48. The van der Waals surface area contributed by atoms with Crippen LogP contribution in [0, 0.1) is 6.92 Å². The molecular formula is C15H24N2. The molecule has 2 atom stereocenters. The molecule has 2 nitrogen and oxygen atoms in total. The normalized spacial score (nSPS) is 23.9. The van der Waals surface area contributed by atoms with Crippen molar-refractivity contribution >= 4 is 5.69 Å². The summed E-state index contributed by atoms with van der Waals surface area (Å²) in [5.41, 5.74) is 2.79. The molecule has 0 amide bonds. The minimum absolute atomic E-state index is 0.648. The van der Waals surface area contributed by atoms with Crippen LogP contribution in [0.25, 0.3) is 0 Å². The summed E-state index contributed by atoms with van der Waals surface area (Å²) < 4.78 is 0. The van der Waals surface area contributed by atoms with E-state index in [2.05, 4.69) is 55.4 Å². The van der Waals surface area contributed by atoms with Crippen molar-refractivity contribution in [2.45, 2.75) is 45.2 Å². The Bertz CT molecular complexity index is 362. The molecule has 0 radical (unpaired) electrons. The number of rotatable bonds is 4. The lowest BCUT2D eigenvalue weighted by molar-refractivity contribution is 0.486. The number of aryl methyl sites for hydroxylation is 1. The Kier molecular flexibility index (Phi) is 4.06. The monoisotopic (exact) mass is 232 g/mol. The fourth-order valence-corrected chi connectivity index (χ4v) is 3.12. The molecular weight excluding hydrogens is 208 g/mol. The summed E-state index contributed by atoms with van der Waals surface area (Å²) in [4.78, 5) is 2.57. The summed E-state index contributed by atoms with van der Waals surface area (Å²) >= 11 is 0. The summed E-state index contributed by atoms with van der Waals surface area (Å²) in [6, 6.07) is 10.0. The van der Waals surface area contributed by atoms with Crippen LogP contribution in [-0.4, -0.2) is 25.7 Å². The van der Waals surface area contributed by atoms with Crippen LogP contribution in [-0.2, 0) is 0 Å². The summed E-state index contributed by atoms with van der Waals surface area (Å²) in [5, 5.41) is 3.48. The van der Waals surface area contributed by atoms with Gasteiger partial charge in [0.15, 0.2) is 0 Å². The molecule has 1 fully saturated rings. The lowest BCUT2D eigenvalue weighted by Gasteiger charge is -2.35. The average molecular weight is 232 g/mol. The molecule has 0 aliphatic heterocycles. The maximum Gasteiger partial charge on any atom is 0.0443 e. The highest BCUT2D eigenvalue weighted by atomic mass is 15.2. The van der Waals surface area contributed by atoms with Crippen LogP contribution in [0.1, 0.15) is 31.7 Å². The van der Waals surface area contributed by atoms with Gasteiger partial charge in [0.05, 0.1) is 0 Å². The molecule has 1 aliphatic rings. The Labute approximate surface area is 105 Å². The number of hydrogen-bond acceptors (Lipinski definition) is 2. The van der Waals surface area contributed by atoms with E-state index in [1.807, 2.05) is 0 Å². The van der Waals surface area contributed by atoms with Gasteiger partial charge in [-0.2, -0.15) is 0 Å². The topological polar surface area (TPSA) is 15.3 Å². The number of nitrogens with one attached hydrogen (secondary N) is 1. The molecule has 0 spiro atoms. The molecule has 0 bridgehead atoms. The van der Waals surface area contributed by atoms with Crippen molar-refractivity contribution in [1.29, 1.82) is 0 Å². The van der Waals surface area contributed by atoms with Gasteiger partial charge in [-0.1, -0.05) is 18.2 Å². The molecule has 2 unspecified atom stereocenters. The fraction of sp³-hybridized carbons (Fsp3) is 0.600. The van der Waals surface area contributed by atoms with E-state index in [4.69, 9.17) is 0 Å². The Morgan fingerprint density at radius 1 is 1.29 bits per heavy atom. The molecule has 0 heterocycles. The van der Waals surface area contributed by atoms with Gasteiger partial charge in [-0.05, 0) is 51.8 Å². The van der Waals surface area contributed by atoms with Gasteiger partial charge in [-0.25, -0.2) is 0 Å². The molecule has 1 aromatic carbocycles. The van der Waals surface area contributed by atoms with Gasteiger partial charge < -0.3 is 10.2 Å². The third kappa shape index (κ3) is 2.47. The van der Waals surface area contributed by atoms with Crippen LogP contribution in [0.3, 0.4) is 0 Å². The van der Waals surface area contributed by atoms with Gasteiger partial charge >= 0.3 is 0 Å². The zero-order valence-corrected chi connectivity index (χ0v) is 11.2. The van der Waals surface area contributed by atoms with Gasteiger partial charge in [-0.3, -0.25) is 0 Å². The van der Waals surface area contributed by atoms with Crippen molar-refractivity contribution in [2.75, 3.05) is 18.5 Å². The zero-order chi connectivity index (χ0) is 12.3. The molecule has 1 aromatic rings. The molecule has 0 saturated heterocycles. The molecule has 17 heavy (non-hydrogen) atoms. The lowest BCUT2D eigenvalue weighted by Crippen LogP contribution is -2.46. The van der Waals surface area contributed by atoms with E-state index in [0.29, 0.717) is 12.1 Å². The van der Waals surface area contributed by atoms with Crippen molar-refractivity contribution in [3.63, 3.8) is 0 Å². The van der Waals surface area contributed by atoms with E-state index in [0.717, 1.165) is 6.54 Å². The second-order valence-corrected chi connectivity index (χ2v) is 4.97. The van der Waals surface area contributed by atoms with Crippen molar-refractivity contribution in [2.24, 2.45) is 0 Å². The number of benzene rings is 1. The van der Waals surface area contributed by atoms with Gasteiger partial charge in [0.2, 0.25) is 0 Å². The van der Waals surface area contributed by atoms with Crippen LogP contribution < -0.4 is 10.2 Å². The van der Waals surface area contributed by atoms with Crippen molar-refractivity contribution in [3.8, 4) is 0 Å². The summed E-state index contributed by atoms with van der Waals surface area (Å²) in [7, 11) is 2.09. The molecule has 94 valence electrons. The molecule has 1 aliphatic carbocycles. The molecule has 0 aromatic heterocycles. The van der Waals surface area contributed by atoms with Crippen LogP contribution in [0.5, 0.6) is 0 Å². The maximum atomic E-state index is 3.48. The predicted molar refractivity (Wildman–Crippen MR) is 74.7 cm³/mol. The van der Waals surface area contributed by atoms with Crippen LogP contribution in [0.15, 0.2) is 24.3 Å². The first-order chi connectivity index (χ1) is 8.27. The third-order valence-electron chi connectivity index (χ3n) is 4.02. The second kappa shape index (κ2) is 5.54. The first-order valence-corrected chi connectivity index (χ1v) is 6.77. The number of likely N-dealkylation sites (N-methyl/N-ethyl adjacent to an activating group) is 2. The van der Waals surface area contributed by atoms with E-state index in [-0.39, 0.29) is 0 Å². The SMILES string of the molecule is CCN(c1ccccc1C)C1CCCC1NC. The smallest absolute Gasteiger partial charge is 0.0443 e. The largest absolute Gasteiger partial charge is 0.367 e. The van der Waals surface area contributed by atoms with E-state index in [1.54, 1.807) is 0 Å². The fourth-order valence-electron chi connectivity index (χ4n) is 3.12. The third-order valence-corrected chi connectivity index (χ3v) is 4.02. The lowest BCUT2D eigenvalue weighted by atomic mass is 10.1. The molecule has 2 rings (SSSR count). The van der Waals surface area contributed by atoms with Crippen LogP contribution >= 0.6 is 0 Å². The first-order valence-electron chi connectivity index (χ1n) is 6.77. The Hall–Kier alpha value is -1.02. The highest BCUT2D eigenvalue weighted by molar-refractivity contribution is 5.54. The predicted octanol–water partition coefficient (Wildman–Crippen LogP) is 2.96. The standard InChI is InChI=1S/C15H24N2/c1-4-17(14-10-6-5-8-12(14)2)15-11-7-9-13(15)16-3/h5-6,8,10,13,15-16H,4,7,9,11H2,1-3H3. The van der Waals surface area contributed by atoms with Crippen molar-refractivity contribution < 1.29 is 0 Å². The summed E-state index contributed by atoms with van der Waals surface area (Å²) in [5.74, 6) is 0. The first kappa shape index (κ1) is 12.4. The number of para-hydroxylation sites is 1. The summed E-state index contributed by atoms with van der Waals surface area (Å²) in [6.07, 6.45) is 3.97. The van der Waals surface area contributed by atoms with Crippen LogP contribution in [0.4, 0.5) is 5.69 Å². The Morgan fingerprint density at radius 2 is 2.06 bits per heavy atom. The van der Waals surface area contributed by atoms with E-state index in [1.165, 1.54) is 30.5 Å². The minimum atomic E-state index is 0.648. The zero-order valence-electron chi connectivity index (χ0n) is 11.2. The highest BCUT2D eigenvalue weighted by Gasteiger charge is 2.30. The number of nitrogens with zero attached hydrogens (tertiary/aromatic N) is 1. The molecule has 1 saturated carbocycles. The summed E-state index contributed by atoms with van der Waals surface area (Å²) in [6.45, 7) is 5.56. The number of anilines is 1. The van der Waals surface area contributed by atoms with Gasteiger partial charge in [-0.15, -0.1) is 0 Å². The molecule has 2 heteroatoms. The van der Waals surface area contributed by atoms with Gasteiger partial charge in [0.1, 0.15) is 0 Å². The van der Waals surface area contributed by atoms with Gasteiger partial charge in [0.25, 0.3) is 0 Å². The van der Waals surface area contributed by atoms with E-state index in [9.17, 15) is 0 Å². The Morgan fingerprint density at radius 3 is 2.71 bits per heavy atom. The van der Waals surface area contributed by atoms with Crippen molar-refractivity contribution in [3.05, 3.63) is 29.8 Å². The second-order valence-electron chi connectivity index (χ2n) is 4.97. The van der Waals surface area contributed by atoms with Crippen LogP contribution in [0.2, 0.25) is 0 Å². The average Bonchev–Trinajstić information content (AvgIpc) is 2.81. The molecule has 1 N–H and O–H groups in total.